The Kier molecular flexibility index (Phi) is 7.64. The van der Waals surface area contributed by atoms with E-state index in [1.165, 1.54) is 0 Å². The minimum atomic E-state index is -4.35. The third kappa shape index (κ3) is 5.94. The van der Waals surface area contributed by atoms with E-state index in [2.05, 4.69) is 27.8 Å². The van der Waals surface area contributed by atoms with E-state index < -0.39 is 18.0 Å². The number of fused-ring (bicyclic) bond motifs is 1. The highest BCUT2D eigenvalue weighted by Crippen LogP contribution is 2.37. The van der Waals surface area contributed by atoms with Gasteiger partial charge in [0.25, 0.3) is 5.91 Å². The third-order valence-electron chi connectivity index (χ3n) is 8.16. The highest BCUT2D eigenvalue weighted by Gasteiger charge is 2.44. The average Bonchev–Trinajstić information content (AvgIpc) is 3.55. The molecule has 3 aromatic heterocycles. The quantitative estimate of drug-likeness (QED) is 0.465. The molecule has 0 spiro atoms. The van der Waals surface area contributed by atoms with Crippen LogP contribution >= 0.6 is 0 Å². The third-order valence-corrected chi connectivity index (χ3v) is 8.16. The van der Waals surface area contributed by atoms with Crippen LogP contribution in [0.2, 0.25) is 0 Å². The number of halogens is 3. The molecule has 0 radical (unpaired) electrons. The summed E-state index contributed by atoms with van der Waals surface area (Å²) < 4.78 is 43.0. The van der Waals surface area contributed by atoms with E-state index >= 15 is 0 Å². The van der Waals surface area contributed by atoms with E-state index in [1.54, 1.807) is 39.8 Å². The molecule has 2 fully saturated rings. The maximum absolute atomic E-state index is 13.3. The van der Waals surface area contributed by atoms with Crippen molar-refractivity contribution in [1.82, 2.24) is 35.0 Å². The summed E-state index contributed by atoms with van der Waals surface area (Å²) >= 11 is 0. The predicted octanol–water partition coefficient (Wildman–Crippen LogP) is 4.10. The average molecular weight is 546 g/mol. The number of piperidine rings is 1. The Morgan fingerprint density at radius 3 is 2.69 bits per heavy atom. The molecule has 1 aliphatic heterocycles. The number of imidazole rings is 1. The van der Waals surface area contributed by atoms with E-state index in [-0.39, 0.29) is 43.2 Å². The van der Waals surface area contributed by atoms with Crippen LogP contribution in [0.3, 0.4) is 0 Å². The fraction of sp³-hybridized carbons (Fsp3) is 0.593. The van der Waals surface area contributed by atoms with Crippen LogP contribution in [0.15, 0.2) is 30.6 Å². The molecule has 4 heterocycles. The monoisotopic (exact) mass is 545 g/mol. The van der Waals surface area contributed by atoms with Gasteiger partial charge in [0.15, 0.2) is 5.65 Å². The van der Waals surface area contributed by atoms with Gasteiger partial charge in [-0.25, -0.2) is 9.50 Å². The first-order valence-corrected chi connectivity index (χ1v) is 13.6. The molecule has 5 rings (SSSR count). The standard InChI is InChI=1S/C27H34F3N7O2/c1-3-36-22(10-11-32-36)26(39)34-24(17-6-4-16(2)5-7-17)21-15-37-23(33-21)9-8-20(35-37)13-18-12-19(27(28,29)30)14-31-25(18)38/h8-11,15-19,24H,3-7,12-14H2,1-2H3,(H,31,38)(H,34,39)/t16?,17?,18?,19-,24-/m0/s1. The van der Waals surface area contributed by atoms with Crippen LogP contribution in [0.25, 0.3) is 5.65 Å². The molecule has 2 aliphatic rings. The van der Waals surface area contributed by atoms with E-state index in [0.717, 1.165) is 25.7 Å². The van der Waals surface area contributed by atoms with Crippen molar-refractivity contribution in [3.63, 3.8) is 0 Å². The summed E-state index contributed by atoms with van der Waals surface area (Å²) in [6.45, 7) is 4.35. The SMILES string of the molecule is CCn1nccc1C(=O)N[C@H](c1cn2nc(CC3C[C@H](C(F)(F)F)CNC3=O)ccc2n1)C1CCC(C)CC1. The summed E-state index contributed by atoms with van der Waals surface area (Å²) in [6.07, 6.45) is 2.94. The van der Waals surface area contributed by atoms with Crippen molar-refractivity contribution < 1.29 is 22.8 Å². The molecule has 9 nitrogen and oxygen atoms in total. The zero-order valence-corrected chi connectivity index (χ0v) is 22.1. The van der Waals surface area contributed by atoms with Crippen molar-refractivity contribution in [2.24, 2.45) is 23.7 Å². The molecule has 0 aromatic carbocycles. The van der Waals surface area contributed by atoms with E-state index in [9.17, 15) is 22.8 Å². The van der Waals surface area contributed by atoms with Gasteiger partial charge in [0.1, 0.15) is 5.69 Å². The highest BCUT2D eigenvalue weighted by molar-refractivity contribution is 5.92. The number of hydrogen-bond acceptors (Lipinski definition) is 5. The summed E-state index contributed by atoms with van der Waals surface area (Å²) in [5.41, 5.74) is 2.24. The molecule has 3 atom stereocenters. The Labute approximate surface area is 224 Å². The van der Waals surface area contributed by atoms with E-state index in [0.29, 0.717) is 35.2 Å². The van der Waals surface area contributed by atoms with E-state index in [1.807, 2.05) is 6.92 Å². The van der Waals surface area contributed by atoms with Crippen LogP contribution < -0.4 is 10.6 Å². The van der Waals surface area contributed by atoms with Crippen LogP contribution in [-0.2, 0) is 17.8 Å². The number of aromatic nitrogens is 5. The zero-order valence-electron chi connectivity index (χ0n) is 22.1. The predicted molar refractivity (Wildman–Crippen MR) is 137 cm³/mol. The lowest BCUT2D eigenvalue weighted by Crippen LogP contribution is -2.47. The summed E-state index contributed by atoms with van der Waals surface area (Å²) in [6, 6.07) is 4.82. The van der Waals surface area contributed by atoms with Crippen LogP contribution in [0.5, 0.6) is 0 Å². The number of amides is 2. The topological polar surface area (TPSA) is 106 Å². The molecule has 1 aliphatic carbocycles. The van der Waals surface area contributed by atoms with Crippen molar-refractivity contribution in [2.75, 3.05) is 6.54 Å². The highest BCUT2D eigenvalue weighted by atomic mass is 19.4. The van der Waals surface area contributed by atoms with Crippen molar-refractivity contribution in [3.05, 3.63) is 47.7 Å². The fourth-order valence-electron chi connectivity index (χ4n) is 5.82. The Balaban J connectivity index is 1.38. The number of carbonyl (C=O) groups is 2. The van der Waals surface area contributed by atoms with Gasteiger partial charge in [0.2, 0.25) is 5.91 Å². The molecule has 1 unspecified atom stereocenters. The summed E-state index contributed by atoms with van der Waals surface area (Å²) in [4.78, 5) is 30.3. The number of rotatable bonds is 7. The van der Waals surface area contributed by atoms with Crippen molar-refractivity contribution in [1.29, 1.82) is 0 Å². The van der Waals surface area contributed by atoms with Gasteiger partial charge >= 0.3 is 6.18 Å². The van der Waals surface area contributed by atoms with Crippen LogP contribution in [0.4, 0.5) is 13.2 Å². The first-order valence-electron chi connectivity index (χ1n) is 13.6. The first kappa shape index (κ1) is 27.1. The van der Waals surface area contributed by atoms with Gasteiger partial charge in [0, 0.05) is 31.6 Å². The van der Waals surface area contributed by atoms with Gasteiger partial charge in [-0.1, -0.05) is 19.8 Å². The maximum atomic E-state index is 13.3. The molecular formula is C27H34F3N7O2. The Morgan fingerprint density at radius 2 is 1.97 bits per heavy atom. The number of nitrogens with zero attached hydrogens (tertiary/aromatic N) is 5. The van der Waals surface area contributed by atoms with Gasteiger partial charge < -0.3 is 10.6 Å². The molecule has 39 heavy (non-hydrogen) atoms. The molecule has 2 amide bonds. The molecule has 12 heteroatoms. The Bertz CT molecular complexity index is 1330. The second-order valence-corrected chi connectivity index (χ2v) is 10.9. The maximum Gasteiger partial charge on any atom is 0.393 e. The Morgan fingerprint density at radius 1 is 1.21 bits per heavy atom. The number of carbonyl (C=O) groups excluding carboxylic acids is 2. The van der Waals surface area contributed by atoms with E-state index in [4.69, 9.17) is 4.98 Å². The molecule has 3 aromatic rings. The van der Waals surface area contributed by atoms with Gasteiger partial charge in [-0.15, -0.1) is 0 Å². The second-order valence-electron chi connectivity index (χ2n) is 10.9. The molecule has 2 N–H and O–H groups in total. The number of nitrogens with one attached hydrogen (secondary N) is 2. The molecule has 210 valence electrons. The lowest BCUT2D eigenvalue weighted by Gasteiger charge is -2.32. The zero-order chi connectivity index (χ0) is 27.7. The van der Waals surface area contributed by atoms with Gasteiger partial charge in [0.05, 0.1) is 29.5 Å². The summed E-state index contributed by atoms with van der Waals surface area (Å²) in [5, 5.41) is 14.4. The smallest absolute Gasteiger partial charge is 0.355 e. The van der Waals surface area contributed by atoms with Crippen LogP contribution in [-0.4, -0.2) is 48.9 Å². The molecular weight excluding hydrogens is 511 g/mol. The molecule has 0 bridgehead atoms. The molecule has 1 saturated heterocycles. The number of alkyl halides is 3. The van der Waals surface area contributed by atoms with Gasteiger partial charge in [-0.2, -0.15) is 23.4 Å². The lowest BCUT2D eigenvalue weighted by atomic mass is 9.78. The van der Waals surface area contributed by atoms with Crippen molar-refractivity contribution in [2.45, 2.75) is 71.1 Å². The minimum Gasteiger partial charge on any atom is -0.355 e. The lowest BCUT2D eigenvalue weighted by molar-refractivity contribution is -0.183. The van der Waals surface area contributed by atoms with Crippen molar-refractivity contribution >= 4 is 17.5 Å². The fourth-order valence-corrected chi connectivity index (χ4v) is 5.82. The number of hydrogen-bond donors (Lipinski definition) is 2. The largest absolute Gasteiger partial charge is 0.393 e. The Hall–Kier alpha value is -3.44. The minimum absolute atomic E-state index is 0.101. The first-order chi connectivity index (χ1) is 18.6. The van der Waals surface area contributed by atoms with Crippen molar-refractivity contribution in [3.8, 4) is 0 Å². The van der Waals surface area contributed by atoms with Crippen LogP contribution in [0, 0.1) is 23.7 Å². The molecule has 1 saturated carbocycles. The van der Waals surface area contributed by atoms with Gasteiger partial charge in [-0.05, 0) is 56.2 Å². The normalized spacial score (nSPS) is 24.9. The summed E-state index contributed by atoms with van der Waals surface area (Å²) in [7, 11) is 0. The number of aryl methyl sites for hydroxylation is 1. The summed E-state index contributed by atoms with van der Waals surface area (Å²) in [5.74, 6) is -2.12. The van der Waals surface area contributed by atoms with Gasteiger partial charge in [-0.3, -0.25) is 14.3 Å². The van der Waals surface area contributed by atoms with Crippen LogP contribution in [0.1, 0.15) is 73.9 Å². The second kappa shape index (κ2) is 11.0.